The van der Waals surface area contributed by atoms with Crippen molar-refractivity contribution in [3.8, 4) is 11.3 Å². The van der Waals surface area contributed by atoms with Crippen LogP contribution in [0, 0.1) is 0 Å². The van der Waals surface area contributed by atoms with Gasteiger partial charge in [-0.2, -0.15) is 5.10 Å². The predicted molar refractivity (Wildman–Crippen MR) is 86.9 cm³/mol. The van der Waals surface area contributed by atoms with Gasteiger partial charge in [-0.3, -0.25) is 10.1 Å². The van der Waals surface area contributed by atoms with Crippen LogP contribution in [0.25, 0.3) is 11.3 Å². The highest BCUT2D eigenvalue weighted by atomic mass is 15.1. The van der Waals surface area contributed by atoms with Gasteiger partial charge in [-0.25, -0.2) is 0 Å². The molecule has 0 amide bonds. The van der Waals surface area contributed by atoms with Gasteiger partial charge in [0, 0.05) is 36.1 Å². The molecule has 2 aromatic heterocycles. The van der Waals surface area contributed by atoms with E-state index in [1.807, 2.05) is 18.5 Å². The van der Waals surface area contributed by atoms with Gasteiger partial charge in [0.25, 0.3) is 0 Å². The highest BCUT2D eigenvalue weighted by molar-refractivity contribution is 5.61. The molecule has 0 aromatic carbocycles. The number of nitrogens with one attached hydrogen (secondary N) is 2. The van der Waals surface area contributed by atoms with E-state index in [2.05, 4.69) is 40.4 Å². The first kappa shape index (κ1) is 15.7. The maximum atomic E-state index is 4.17. The zero-order valence-corrected chi connectivity index (χ0v) is 13.1. The number of rotatable bonds is 9. The van der Waals surface area contributed by atoms with Crippen LogP contribution >= 0.6 is 0 Å². The van der Waals surface area contributed by atoms with Crippen molar-refractivity contribution in [1.29, 1.82) is 0 Å². The second-order valence-electron chi connectivity index (χ2n) is 5.64. The van der Waals surface area contributed by atoms with Crippen LogP contribution in [0.3, 0.4) is 0 Å². The number of hydrogen-bond acceptors (Lipinski definition) is 3. The Morgan fingerprint density at radius 3 is 2.90 bits per heavy atom. The number of pyridine rings is 1. The number of aromatic nitrogens is 3. The summed E-state index contributed by atoms with van der Waals surface area (Å²) >= 11 is 0. The summed E-state index contributed by atoms with van der Waals surface area (Å²) in [5.74, 6) is 0. The lowest BCUT2D eigenvalue weighted by Gasteiger charge is -2.13. The molecule has 0 saturated heterocycles. The Kier molecular flexibility index (Phi) is 6.41. The molecule has 0 saturated carbocycles. The quantitative estimate of drug-likeness (QED) is 0.687. The van der Waals surface area contributed by atoms with Crippen LogP contribution in [-0.4, -0.2) is 21.2 Å². The van der Waals surface area contributed by atoms with Gasteiger partial charge in [-0.05, 0) is 25.5 Å². The van der Waals surface area contributed by atoms with E-state index in [4.69, 9.17) is 0 Å². The molecular formula is C17H26N4. The Labute approximate surface area is 127 Å². The fourth-order valence-electron chi connectivity index (χ4n) is 2.47. The third-order valence-electron chi connectivity index (χ3n) is 3.80. The Morgan fingerprint density at radius 1 is 1.24 bits per heavy atom. The molecule has 21 heavy (non-hydrogen) atoms. The highest BCUT2D eigenvalue weighted by Gasteiger charge is 2.09. The van der Waals surface area contributed by atoms with Crippen molar-refractivity contribution in [1.82, 2.24) is 20.5 Å². The Bertz CT molecular complexity index is 507. The summed E-state index contributed by atoms with van der Waals surface area (Å²) in [5.41, 5.74) is 3.35. The van der Waals surface area contributed by atoms with Crippen LogP contribution in [0.4, 0.5) is 0 Å². The molecule has 0 radical (unpaired) electrons. The molecule has 114 valence electrons. The summed E-state index contributed by atoms with van der Waals surface area (Å²) in [6, 6.07) is 4.54. The van der Waals surface area contributed by atoms with Crippen molar-refractivity contribution in [2.45, 2.75) is 58.5 Å². The van der Waals surface area contributed by atoms with E-state index in [1.165, 1.54) is 37.7 Å². The van der Waals surface area contributed by atoms with E-state index in [9.17, 15) is 0 Å². The summed E-state index contributed by atoms with van der Waals surface area (Å²) in [4.78, 5) is 4.17. The van der Waals surface area contributed by atoms with Gasteiger partial charge >= 0.3 is 0 Å². The molecule has 0 spiro atoms. The average molecular weight is 286 g/mol. The standard InChI is InChI=1S/C17H26N4/c1-3-4-5-6-8-14(2)19-12-16-13-20-21-17(16)15-9-7-10-18-11-15/h7,9-11,13-14,19H,3-6,8,12H2,1-2H3,(H,20,21). The highest BCUT2D eigenvalue weighted by Crippen LogP contribution is 2.19. The van der Waals surface area contributed by atoms with Gasteiger partial charge in [0.05, 0.1) is 11.9 Å². The minimum atomic E-state index is 0.540. The van der Waals surface area contributed by atoms with Crippen molar-refractivity contribution in [3.63, 3.8) is 0 Å². The van der Waals surface area contributed by atoms with Gasteiger partial charge in [-0.1, -0.05) is 32.6 Å². The van der Waals surface area contributed by atoms with Crippen LogP contribution in [0.2, 0.25) is 0 Å². The SMILES string of the molecule is CCCCCCC(C)NCc1cn[nH]c1-c1cccnc1. The van der Waals surface area contributed by atoms with E-state index in [-0.39, 0.29) is 0 Å². The van der Waals surface area contributed by atoms with E-state index >= 15 is 0 Å². The molecule has 2 N–H and O–H groups in total. The number of unbranched alkanes of at least 4 members (excludes halogenated alkanes) is 3. The molecule has 0 bridgehead atoms. The van der Waals surface area contributed by atoms with Crippen LogP contribution < -0.4 is 5.32 Å². The number of nitrogens with zero attached hydrogens (tertiary/aromatic N) is 2. The van der Waals surface area contributed by atoms with Gasteiger partial charge < -0.3 is 5.32 Å². The van der Waals surface area contributed by atoms with Gasteiger partial charge in [-0.15, -0.1) is 0 Å². The van der Waals surface area contributed by atoms with Crippen molar-refractivity contribution in [2.75, 3.05) is 0 Å². The lowest BCUT2D eigenvalue weighted by atomic mass is 10.1. The maximum Gasteiger partial charge on any atom is 0.0710 e. The Hall–Kier alpha value is -1.68. The monoisotopic (exact) mass is 286 g/mol. The Morgan fingerprint density at radius 2 is 2.14 bits per heavy atom. The van der Waals surface area contributed by atoms with E-state index in [1.54, 1.807) is 6.20 Å². The van der Waals surface area contributed by atoms with Gasteiger partial charge in [0.2, 0.25) is 0 Å². The van der Waals surface area contributed by atoms with Crippen LogP contribution in [0.1, 0.15) is 51.5 Å². The molecule has 0 fully saturated rings. The zero-order valence-electron chi connectivity index (χ0n) is 13.1. The lowest BCUT2D eigenvalue weighted by Crippen LogP contribution is -2.25. The topological polar surface area (TPSA) is 53.6 Å². The first-order valence-electron chi connectivity index (χ1n) is 7.97. The first-order valence-corrected chi connectivity index (χ1v) is 7.97. The molecule has 2 rings (SSSR count). The summed E-state index contributed by atoms with van der Waals surface area (Å²) in [6.07, 6.45) is 12.1. The summed E-state index contributed by atoms with van der Waals surface area (Å²) in [7, 11) is 0. The number of aromatic amines is 1. The summed E-state index contributed by atoms with van der Waals surface area (Å²) in [5, 5.41) is 10.8. The van der Waals surface area contributed by atoms with E-state index < -0.39 is 0 Å². The molecular weight excluding hydrogens is 260 g/mol. The molecule has 0 aliphatic rings. The lowest BCUT2D eigenvalue weighted by molar-refractivity contribution is 0.483. The fraction of sp³-hybridized carbons (Fsp3) is 0.529. The maximum absolute atomic E-state index is 4.17. The van der Waals surface area contributed by atoms with E-state index in [0.29, 0.717) is 6.04 Å². The molecule has 2 aromatic rings. The Balaban J connectivity index is 1.83. The smallest absolute Gasteiger partial charge is 0.0710 e. The molecule has 1 atom stereocenters. The summed E-state index contributed by atoms with van der Waals surface area (Å²) in [6.45, 7) is 5.35. The third-order valence-corrected chi connectivity index (χ3v) is 3.80. The van der Waals surface area contributed by atoms with Crippen LogP contribution in [-0.2, 0) is 6.54 Å². The van der Waals surface area contributed by atoms with Crippen LogP contribution in [0.15, 0.2) is 30.7 Å². The number of H-pyrrole nitrogens is 1. The number of hydrogen-bond donors (Lipinski definition) is 2. The minimum absolute atomic E-state index is 0.540. The largest absolute Gasteiger partial charge is 0.310 e. The molecule has 4 heteroatoms. The molecule has 0 aliphatic carbocycles. The summed E-state index contributed by atoms with van der Waals surface area (Å²) < 4.78 is 0. The molecule has 4 nitrogen and oxygen atoms in total. The normalized spacial score (nSPS) is 12.5. The van der Waals surface area contributed by atoms with Crippen LogP contribution in [0.5, 0.6) is 0 Å². The molecule has 2 heterocycles. The van der Waals surface area contributed by atoms with Gasteiger partial charge in [0.15, 0.2) is 0 Å². The average Bonchev–Trinajstić information content (AvgIpc) is 2.99. The minimum Gasteiger partial charge on any atom is -0.310 e. The second kappa shape index (κ2) is 8.57. The molecule has 0 aliphatic heterocycles. The van der Waals surface area contributed by atoms with Crippen molar-refractivity contribution in [3.05, 3.63) is 36.3 Å². The molecule has 1 unspecified atom stereocenters. The van der Waals surface area contributed by atoms with Gasteiger partial charge in [0.1, 0.15) is 0 Å². The van der Waals surface area contributed by atoms with Crippen molar-refractivity contribution >= 4 is 0 Å². The predicted octanol–water partition coefficient (Wildman–Crippen LogP) is 3.92. The third kappa shape index (κ3) is 4.97. The fourth-order valence-corrected chi connectivity index (χ4v) is 2.47. The van der Waals surface area contributed by atoms with Crippen molar-refractivity contribution in [2.24, 2.45) is 0 Å². The zero-order chi connectivity index (χ0) is 14.9. The van der Waals surface area contributed by atoms with Crippen molar-refractivity contribution < 1.29 is 0 Å². The first-order chi connectivity index (χ1) is 10.3. The second-order valence-corrected chi connectivity index (χ2v) is 5.64. The van der Waals surface area contributed by atoms with E-state index in [0.717, 1.165) is 17.8 Å².